The predicted molar refractivity (Wildman–Crippen MR) is 57.2 cm³/mol. The first-order valence-electron chi connectivity index (χ1n) is 5.04. The highest BCUT2D eigenvalue weighted by Gasteiger charge is 2.18. The maximum Gasteiger partial charge on any atom is 0.122 e. The zero-order valence-electron chi connectivity index (χ0n) is 8.20. The van der Waals surface area contributed by atoms with Crippen LogP contribution in [0.2, 0.25) is 0 Å². The zero-order valence-corrected chi connectivity index (χ0v) is 8.20. The van der Waals surface area contributed by atoms with Crippen LogP contribution in [0.4, 0.5) is 0 Å². The van der Waals surface area contributed by atoms with Crippen molar-refractivity contribution in [2.24, 2.45) is 5.92 Å². The maximum atomic E-state index is 5.66. The molecule has 0 saturated heterocycles. The molecule has 0 bridgehead atoms. The topological polar surface area (TPSA) is 9.23 Å². The normalized spacial score (nSPS) is 19.2. The Balaban J connectivity index is 2.03. The third-order valence-corrected chi connectivity index (χ3v) is 2.65. The van der Waals surface area contributed by atoms with Crippen molar-refractivity contribution in [1.82, 2.24) is 0 Å². The first-order valence-corrected chi connectivity index (χ1v) is 5.04. The van der Waals surface area contributed by atoms with E-state index < -0.39 is 0 Å². The molecule has 0 amide bonds. The zero-order chi connectivity index (χ0) is 9.80. The molecule has 0 aromatic heterocycles. The summed E-state index contributed by atoms with van der Waals surface area (Å²) in [6.45, 7) is 0.818. The minimum Gasteiger partial charge on any atom is -0.493 e. The van der Waals surface area contributed by atoms with Crippen LogP contribution in [-0.4, -0.2) is 6.61 Å². The number of ether oxygens (including phenoxy) is 1. The summed E-state index contributed by atoms with van der Waals surface area (Å²) in [5.74, 6) is 4.33. The number of hydrogen-bond acceptors (Lipinski definition) is 1. The maximum absolute atomic E-state index is 5.66. The second-order valence-electron chi connectivity index (χ2n) is 3.73. The Labute approximate surface area is 85.1 Å². The number of terminal acetylenes is 1. The Morgan fingerprint density at radius 1 is 1.43 bits per heavy atom. The summed E-state index contributed by atoms with van der Waals surface area (Å²) in [7, 11) is 0. The standard InChI is InChI=1S/C13H14O/c1-2-3-6-11-9-12-7-4-5-8-13(12)14-10-11/h1,4-5,7-8,11H,3,6,9-10H2. The summed E-state index contributed by atoms with van der Waals surface area (Å²) in [6, 6.07) is 8.25. The molecule has 0 radical (unpaired) electrons. The molecule has 2 rings (SSSR count). The van der Waals surface area contributed by atoms with E-state index in [1.807, 2.05) is 12.1 Å². The van der Waals surface area contributed by atoms with E-state index in [9.17, 15) is 0 Å². The molecule has 72 valence electrons. The van der Waals surface area contributed by atoms with Crippen molar-refractivity contribution in [2.75, 3.05) is 6.61 Å². The number of hydrogen-bond donors (Lipinski definition) is 0. The second kappa shape index (κ2) is 4.19. The van der Waals surface area contributed by atoms with Gasteiger partial charge in [0.15, 0.2) is 0 Å². The number of para-hydroxylation sites is 1. The molecule has 1 heterocycles. The Morgan fingerprint density at radius 2 is 2.29 bits per heavy atom. The Bertz CT molecular complexity index is 348. The van der Waals surface area contributed by atoms with E-state index in [0.29, 0.717) is 5.92 Å². The molecule has 0 aliphatic carbocycles. The molecule has 1 heteroatoms. The van der Waals surface area contributed by atoms with Crippen LogP contribution in [0.15, 0.2) is 24.3 Å². The lowest BCUT2D eigenvalue weighted by Gasteiger charge is -2.24. The lowest BCUT2D eigenvalue weighted by molar-refractivity contribution is 0.215. The summed E-state index contributed by atoms with van der Waals surface area (Å²) in [4.78, 5) is 0. The van der Waals surface area contributed by atoms with Crippen LogP contribution in [0.25, 0.3) is 0 Å². The molecule has 1 aliphatic rings. The van der Waals surface area contributed by atoms with Gasteiger partial charge in [0.25, 0.3) is 0 Å². The van der Waals surface area contributed by atoms with Gasteiger partial charge in [-0.1, -0.05) is 18.2 Å². The summed E-state index contributed by atoms with van der Waals surface area (Å²) in [6.07, 6.45) is 8.29. The number of rotatable bonds is 2. The lowest BCUT2D eigenvalue weighted by Crippen LogP contribution is -2.20. The van der Waals surface area contributed by atoms with E-state index in [2.05, 4.69) is 18.1 Å². The molecule has 1 nitrogen and oxygen atoms in total. The molecular weight excluding hydrogens is 172 g/mol. The average Bonchev–Trinajstić information content (AvgIpc) is 2.26. The fraction of sp³-hybridized carbons (Fsp3) is 0.385. The van der Waals surface area contributed by atoms with E-state index in [1.54, 1.807) is 0 Å². The molecule has 0 fully saturated rings. The van der Waals surface area contributed by atoms with Crippen LogP contribution in [0.1, 0.15) is 18.4 Å². The van der Waals surface area contributed by atoms with Crippen molar-refractivity contribution < 1.29 is 4.74 Å². The summed E-state index contributed by atoms with van der Waals surface area (Å²) in [5.41, 5.74) is 1.32. The molecule has 1 aromatic carbocycles. The molecule has 0 saturated carbocycles. The number of fused-ring (bicyclic) bond motifs is 1. The van der Waals surface area contributed by atoms with Crippen molar-refractivity contribution in [3.63, 3.8) is 0 Å². The summed E-state index contributed by atoms with van der Waals surface area (Å²) < 4.78 is 5.66. The van der Waals surface area contributed by atoms with E-state index >= 15 is 0 Å². The highest BCUT2D eigenvalue weighted by molar-refractivity contribution is 5.35. The second-order valence-corrected chi connectivity index (χ2v) is 3.73. The van der Waals surface area contributed by atoms with Gasteiger partial charge in [-0.05, 0) is 30.4 Å². The molecular formula is C13H14O. The van der Waals surface area contributed by atoms with Gasteiger partial charge in [0.05, 0.1) is 6.61 Å². The SMILES string of the molecule is C#CCCC1COc2ccccc2C1. The van der Waals surface area contributed by atoms with Crippen LogP contribution in [0, 0.1) is 18.3 Å². The smallest absolute Gasteiger partial charge is 0.122 e. The fourth-order valence-corrected chi connectivity index (χ4v) is 1.86. The Hall–Kier alpha value is -1.42. The largest absolute Gasteiger partial charge is 0.493 e. The fourth-order valence-electron chi connectivity index (χ4n) is 1.86. The van der Waals surface area contributed by atoms with Gasteiger partial charge < -0.3 is 4.74 Å². The molecule has 1 aliphatic heterocycles. The molecule has 14 heavy (non-hydrogen) atoms. The monoisotopic (exact) mass is 186 g/mol. The van der Waals surface area contributed by atoms with E-state index in [4.69, 9.17) is 11.2 Å². The van der Waals surface area contributed by atoms with Crippen molar-refractivity contribution in [3.05, 3.63) is 29.8 Å². The number of benzene rings is 1. The van der Waals surface area contributed by atoms with Gasteiger partial charge in [-0.3, -0.25) is 0 Å². The summed E-state index contributed by atoms with van der Waals surface area (Å²) in [5, 5.41) is 0. The van der Waals surface area contributed by atoms with Crippen LogP contribution >= 0.6 is 0 Å². The van der Waals surface area contributed by atoms with Crippen LogP contribution < -0.4 is 4.74 Å². The van der Waals surface area contributed by atoms with E-state index in [-0.39, 0.29) is 0 Å². The third kappa shape index (κ3) is 1.90. The lowest BCUT2D eigenvalue weighted by atomic mass is 9.93. The van der Waals surface area contributed by atoms with Crippen molar-refractivity contribution >= 4 is 0 Å². The minimum atomic E-state index is 0.598. The predicted octanol–water partition coefficient (Wildman–Crippen LogP) is 2.65. The molecule has 1 unspecified atom stereocenters. The summed E-state index contributed by atoms with van der Waals surface area (Å²) >= 11 is 0. The van der Waals surface area contributed by atoms with Crippen molar-refractivity contribution in [2.45, 2.75) is 19.3 Å². The Kier molecular flexibility index (Phi) is 2.74. The van der Waals surface area contributed by atoms with Crippen molar-refractivity contribution in [3.8, 4) is 18.1 Å². The first-order chi connectivity index (χ1) is 6.90. The van der Waals surface area contributed by atoms with Gasteiger partial charge in [-0.2, -0.15) is 0 Å². The molecule has 0 spiro atoms. The average molecular weight is 186 g/mol. The highest BCUT2D eigenvalue weighted by atomic mass is 16.5. The van der Waals surface area contributed by atoms with Crippen LogP contribution in [-0.2, 0) is 6.42 Å². The van der Waals surface area contributed by atoms with Crippen LogP contribution in [0.5, 0.6) is 5.75 Å². The third-order valence-electron chi connectivity index (χ3n) is 2.65. The van der Waals surface area contributed by atoms with E-state index in [0.717, 1.165) is 31.6 Å². The van der Waals surface area contributed by atoms with Gasteiger partial charge in [-0.15, -0.1) is 12.3 Å². The van der Waals surface area contributed by atoms with E-state index in [1.165, 1.54) is 5.56 Å². The first kappa shape index (κ1) is 9.15. The molecule has 0 N–H and O–H groups in total. The minimum absolute atomic E-state index is 0.598. The van der Waals surface area contributed by atoms with Crippen LogP contribution in [0.3, 0.4) is 0 Å². The van der Waals surface area contributed by atoms with Gasteiger partial charge in [-0.25, -0.2) is 0 Å². The van der Waals surface area contributed by atoms with Gasteiger partial charge in [0, 0.05) is 6.42 Å². The Morgan fingerprint density at radius 3 is 3.14 bits per heavy atom. The van der Waals surface area contributed by atoms with Gasteiger partial charge in [0.1, 0.15) is 5.75 Å². The molecule has 1 atom stereocenters. The molecule has 1 aromatic rings. The quantitative estimate of drug-likeness (QED) is 0.645. The highest BCUT2D eigenvalue weighted by Crippen LogP contribution is 2.28. The van der Waals surface area contributed by atoms with Gasteiger partial charge in [0.2, 0.25) is 0 Å². The van der Waals surface area contributed by atoms with Gasteiger partial charge >= 0.3 is 0 Å². The van der Waals surface area contributed by atoms with Crippen molar-refractivity contribution in [1.29, 1.82) is 0 Å².